The van der Waals surface area contributed by atoms with Gasteiger partial charge in [0, 0.05) is 12.6 Å². The van der Waals surface area contributed by atoms with E-state index >= 15 is 0 Å². The predicted octanol–water partition coefficient (Wildman–Crippen LogP) is 5.33. The Morgan fingerprint density at radius 3 is 2.49 bits per heavy atom. The number of rotatable bonds is 5. The van der Waals surface area contributed by atoms with Gasteiger partial charge in [-0.25, -0.2) is 9.67 Å². The van der Waals surface area contributed by atoms with Gasteiger partial charge in [0.2, 0.25) is 0 Å². The van der Waals surface area contributed by atoms with Crippen LogP contribution in [0.5, 0.6) is 0 Å². The highest BCUT2D eigenvalue weighted by atomic mass is 16.1. The average Bonchev–Trinajstić information content (AvgIpc) is 3.32. The summed E-state index contributed by atoms with van der Waals surface area (Å²) >= 11 is 0. The number of hydrogen-bond acceptors (Lipinski definition) is 4. The molecule has 0 radical (unpaired) electrons. The molecule has 3 aromatic heterocycles. The van der Waals surface area contributed by atoms with Gasteiger partial charge < -0.3 is 5.32 Å². The van der Waals surface area contributed by atoms with E-state index in [0.717, 1.165) is 44.9 Å². The summed E-state index contributed by atoms with van der Waals surface area (Å²) in [5.41, 5.74) is 7.33. The van der Waals surface area contributed by atoms with Crippen molar-refractivity contribution in [3.63, 3.8) is 0 Å². The molecule has 0 spiro atoms. The predicted molar refractivity (Wildman–Crippen MR) is 140 cm³/mol. The van der Waals surface area contributed by atoms with Crippen LogP contribution in [0.2, 0.25) is 0 Å². The topological polar surface area (TPSA) is 80.1 Å². The molecule has 3 heterocycles. The molecule has 0 atom stereocenters. The van der Waals surface area contributed by atoms with E-state index in [2.05, 4.69) is 18.0 Å². The molecule has 0 saturated heterocycles. The third kappa shape index (κ3) is 3.42. The van der Waals surface area contributed by atoms with E-state index in [1.807, 2.05) is 91.5 Å². The second-order valence-electron chi connectivity index (χ2n) is 8.89. The first-order valence-electron chi connectivity index (χ1n) is 11.4. The Hall–Kier alpha value is -4.57. The van der Waals surface area contributed by atoms with Crippen molar-refractivity contribution in [2.45, 2.75) is 27.2 Å². The second-order valence-corrected chi connectivity index (χ2v) is 8.89. The van der Waals surface area contributed by atoms with Crippen LogP contribution in [0.3, 0.4) is 0 Å². The summed E-state index contributed by atoms with van der Waals surface area (Å²) in [6, 6.07) is 19.7. The van der Waals surface area contributed by atoms with E-state index in [-0.39, 0.29) is 5.56 Å². The number of nitriles is 1. The third-order valence-corrected chi connectivity index (χ3v) is 6.51. The lowest BCUT2D eigenvalue weighted by atomic mass is 9.99. The fourth-order valence-corrected chi connectivity index (χ4v) is 4.67. The first kappa shape index (κ1) is 22.2. The minimum Gasteiger partial charge on any atom is -0.335 e. The summed E-state index contributed by atoms with van der Waals surface area (Å²) in [4.78, 5) is 18.5. The SMILES string of the molecule is C=C(C)Cc1c(C)c(C#N)c2nc3ccccc3n2c1Nc1c(C)n(C)n(-c2ccccc2)c1=O. The zero-order chi connectivity index (χ0) is 24.9. The van der Waals surface area contributed by atoms with Crippen LogP contribution in [0.15, 0.2) is 71.5 Å². The quantitative estimate of drug-likeness (QED) is 0.358. The first-order valence-corrected chi connectivity index (χ1v) is 11.4. The summed E-state index contributed by atoms with van der Waals surface area (Å²) < 4.78 is 5.45. The van der Waals surface area contributed by atoms with Crippen LogP contribution in [-0.2, 0) is 13.5 Å². The van der Waals surface area contributed by atoms with Crippen LogP contribution >= 0.6 is 0 Å². The van der Waals surface area contributed by atoms with Crippen LogP contribution in [0.1, 0.15) is 29.3 Å². The van der Waals surface area contributed by atoms with Crippen LogP contribution < -0.4 is 10.9 Å². The molecule has 5 aromatic rings. The standard InChI is InChI=1S/C28H26N6O/c1-17(2)15-21-18(3)22(16-29)27-30-23-13-9-10-14-24(23)33(27)26(21)31-25-19(4)32(5)34(28(25)35)20-11-7-6-8-12-20/h6-14,31H,1,15H2,2-5H3. The number of fused-ring (bicyclic) bond motifs is 3. The Morgan fingerprint density at radius 2 is 1.80 bits per heavy atom. The zero-order valence-electron chi connectivity index (χ0n) is 20.3. The molecule has 0 unspecified atom stereocenters. The number of allylic oxidation sites excluding steroid dienone is 1. The summed E-state index contributed by atoms with van der Waals surface area (Å²) in [5.74, 6) is 0.721. The smallest absolute Gasteiger partial charge is 0.295 e. The Morgan fingerprint density at radius 1 is 1.11 bits per heavy atom. The minimum atomic E-state index is -0.156. The fraction of sp³-hybridized carbons (Fsp3) is 0.179. The van der Waals surface area contributed by atoms with Crippen LogP contribution in [-0.4, -0.2) is 18.7 Å². The lowest BCUT2D eigenvalue weighted by Gasteiger charge is -2.18. The highest BCUT2D eigenvalue weighted by molar-refractivity contribution is 5.87. The number of benzene rings is 2. The monoisotopic (exact) mass is 462 g/mol. The van der Waals surface area contributed by atoms with Gasteiger partial charge in [-0.3, -0.25) is 13.9 Å². The Kier molecular flexibility index (Phi) is 5.29. The molecule has 1 N–H and O–H groups in total. The van der Waals surface area contributed by atoms with Crippen molar-refractivity contribution in [1.82, 2.24) is 18.7 Å². The molecular weight excluding hydrogens is 436 g/mol. The van der Waals surface area contributed by atoms with Crippen molar-refractivity contribution in [2.24, 2.45) is 7.05 Å². The summed E-state index contributed by atoms with van der Waals surface area (Å²) in [6.07, 6.45) is 0.560. The van der Waals surface area contributed by atoms with Gasteiger partial charge in [0.05, 0.1) is 28.0 Å². The normalized spacial score (nSPS) is 11.2. The van der Waals surface area contributed by atoms with Crippen molar-refractivity contribution in [3.05, 3.63) is 99.5 Å². The molecule has 5 rings (SSSR count). The molecule has 0 aliphatic rings. The molecule has 2 aromatic carbocycles. The summed E-state index contributed by atoms with van der Waals surface area (Å²) in [5, 5.41) is 13.5. The maximum absolute atomic E-state index is 13.7. The largest absolute Gasteiger partial charge is 0.335 e. The molecule has 0 amide bonds. The number of para-hydroxylation sites is 3. The number of nitrogens with zero attached hydrogens (tertiary/aromatic N) is 5. The van der Waals surface area contributed by atoms with Gasteiger partial charge in [0.1, 0.15) is 17.6 Å². The van der Waals surface area contributed by atoms with Crippen LogP contribution in [0.4, 0.5) is 11.5 Å². The lowest BCUT2D eigenvalue weighted by molar-refractivity contribution is 0.630. The molecule has 35 heavy (non-hydrogen) atoms. The van der Waals surface area contributed by atoms with E-state index in [4.69, 9.17) is 4.98 Å². The minimum absolute atomic E-state index is 0.156. The van der Waals surface area contributed by atoms with Gasteiger partial charge in [0.25, 0.3) is 5.56 Å². The Bertz CT molecular complexity index is 1730. The molecule has 174 valence electrons. The van der Waals surface area contributed by atoms with Crippen molar-refractivity contribution in [3.8, 4) is 11.8 Å². The summed E-state index contributed by atoms with van der Waals surface area (Å²) in [6.45, 7) is 9.92. The maximum atomic E-state index is 13.7. The lowest BCUT2D eigenvalue weighted by Crippen LogP contribution is -2.21. The van der Waals surface area contributed by atoms with Gasteiger partial charge in [0.15, 0.2) is 5.65 Å². The molecular formula is C28H26N6O. The number of pyridine rings is 1. The molecule has 7 nitrogen and oxygen atoms in total. The van der Waals surface area contributed by atoms with Crippen LogP contribution in [0.25, 0.3) is 22.4 Å². The van der Waals surface area contributed by atoms with E-state index in [1.165, 1.54) is 0 Å². The van der Waals surface area contributed by atoms with Crippen molar-refractivity contribution < 1.29 is 0 Å². The number of aromatic nitrogens is 4. The molecule has 0 saturated carbocycles. The van der Waals surface area contributed by atoms with Gasteiger partial charge in [-0.15, -0.1) is 0 Å². The van der Waals surface area contributed by atoms with E-state index in [0.29, 0.717) is 23.3 Å². The van der Waals surface area contributed by atoms with Gasteiger partial charge in [-0.1, -0.05) is 42.5 Å². The van der Waals surface area contributed by atoms with E-state index in [9.17, 15) is 10.1 Å². The van der Waals surface area contributed by atoms with E-state index < -0.39 is 0 Å². The van der Waals surface area contributed by atoms with Gasteiger partial charge in [-0.05, 0) is 57.0 Å². The maximum Gasteiger partial charge on any atom is 0.295 e. The average molecular weight is 463 g/mol. The first-order chi connectivity index (χ1) is 16.8. The molecule has 7 heteroatoms. The Labute approximate surface area is 203 Å². The fourth-order valence-electron chi connectivity index (χ4n) is 4.67. The molecule has 0 aliphatic carbocycles. The van der Waals surface area contributed by atoms with Gasteiger partial charge >= 0.3 is 0 Å². The van der Waals surface area contributed by atoms with Crippen molar-refractivity contribution >= 4 is 28.2 Å². The molecule has 0 aliphatic heterocycles. The molecule has 0 bridgehead atoms. The Balaban J connectivity index is 1.85. The molecule has 0 fully saturated rings. The van der Waals surface area contributed by atoms with E-state index in [1.54, 1.807) is 4.68 Å². The van der Waals surface area contributed by atoms with Crippen molar-refractivity contribution in [1.29, 1.82) is 5.26 Å². The number of nitrogens with one attached hydrogen (secondary N) is 1. The number of imidazole rings is 1. The van der Waals surface area contributed by atoms with Crippen molar-refractivity contribution in [2.75, 3.05) is 5.32 Å². The van der Waals surface area contributed by atoms with Gasteiger partial charge in [-0.2, -0.15) is 5.26 Å². The second kappa shape index (κ2) is 8.33. The summed E-state index contributed by atoms with van der Waals surface area (Å²) in [7, 11) is 1.87. The van der Waals surface area contributed by atoms with Crippen LogP contribution in [0, 0.1) is 25.2 Å². The highest BCUT2D eigenvalue weighted by Crippen LogP contribution is 2.34. The third-order valence-electron chi connectivity index (χ3n) is 6.51. The zero-order valence-corrected chi connectivity index (χ0v) is 20.3. The number of anilines is 2. The number of hydrogen-bond donors (Lipinski definition) is 1. The highest BCUT2D eigenvalue weighted by Gasteiger charge is 2.24.